The highest BCUT2D eigenvalue weighted by atomic mass is 16.5. The Morgan fingerprint density at radius 2 is 2.08 bits per heavy atom. The summed E-state index contributed by atoms with van der Waals surface area (Å²) < 4.78 is 0. The van der Waals surface area contributed by atoms with Gasteiger partial charge in [0.25, 0.3) is 0 Å². The molecule has 3 heteroatoms. The number of fused-ring (bicyclic) bond motifs is 1. The summed E-state index contributed by atoms with van der Waals surface area (Å²) in [5.74, 6) is 0.0520. The smallest absolute Gasteiger partial charge is 0.159 e. The molecule has 0 aromatic heterocycles. The number of para-hydroxylation sites is 1. The van der Waals surface area contributed by atoms with Crippen molar-refractivity contribution >= 4 is 11.5 Å². The first kappa shape index (κ1) is 7.31. The lowest BCUT2D eigenvalue weighted by Gasteiger charge is -2.23. The third-order valence-electron chi connectivity index (χ3n) is 1.98. The molecule has 0 atom stereocenters. The van der Waals surface area contributed by atoms with Gasteiger partial charge in [-0.1, -0.05) is 18.2 Å². The van der Waals surface area contributed by atoms with Gasteiger partial charge in [0.1, 0.15) is 6.54 Å². The number of ketones is 1. The predicted octanol–water partition coefficient (Wildman–Crippen LogP) is 1.01. The molecule has 0 bridgehead atoms. The molecule has 0 amide bonds. The summed E-state index contributed by atoms with van der Waals surface area (Å²) in [5, 5.41) is 10.3. The number of Topliss-reactive ketones (excluding diaryl/α,β-unsaturated/α-hetero) is 1. The van der Waals surface area contributed by atoms with Gasteiger partial charge in [0.2, 0.25) is 0 Å². The first-order valence-electron chi connectivity index (χ1n) is 3.83. The second kappa shape index (κ2) is 2.60. The van der Waals surface area contributed by atoms with E-state index in [-0.39, 0.29) is 12.3 Å². The summed E-state index contributed by atoms with van der Waals surface area (Å²) in [4.78, 5) is 11.0. The van der Waals surface area contributed by atoms with E-state index < -0.39 is 0 Å². The Kier molecular flexibility index (Phi) is 1.59. The fourth-order valence-electron chi connectivity index (χ4n) is 1.43. The molecule has 12 heavy (non-hydrogen) atoms. The first-order valence-corrected chi connectivity index (χ1v) is 3.83. The van der Waals surface area contributed by atoms with Gasteiger partial charge in [-0.3, -0.25) is 10.0 Å². The molecule has 0 radical (unpaired) electrons. The molecule has 0 fully saturated rings. The Bertz CT molecular complexity index is 322. The second-order valence-corrected chi connectivity index (χ2v) is 2.90. The zero-order valence-electron chi connectivity index (χ0n) is 6.53. The number of benzene rings is 1. The van der Waals surface area contributed by atoms with E-state index in [9.17, 15) is 10.0 Å². The van der Waals surface area contributed by atoms with Crippen molar-refractivity contribution in [3.63, 3.8) is 0 Å². The summed E-state index contributed by atoms with van der Waals surface area (Å²) in [6.45, 7) is 0.108. The molecule has 1 aliphatic rings. The summed E-state index contributed by atoms with van der Waals surface area (Å²) in [7, 11) is 0. The van der Waals surface area contributed by atoms with Crippen molar-refractivity contribution in [1.29, 1.82) is 0 Å². The minimum Gasteiger partial charge on any atom is -0.297 e. The average Bonchev–Trinajstić information content (AvgIpc) is 2.04. The van der Waals surface area contributed by atoms with E-state index in [1.807, 2.05) is 24.3 Å². The van der Waals surface area contributed by atoms with Crippen LogP contribution in [0.4, 0.5) is 5.69 Å². The van der Waals surface area contributed by atoms with Gasteiger partial charge in [-0.25, -0.2) is 5.06 Å². The number of carbonyl (C=O) groups is 1. The molecular formula is C9H9NO2. The van der Waals surface area contributed by atoms with Crippen molar-refractivity contribution in [3.05, 3.63) is 29.8 Å². The number of carbonyl (C=O) groups excluding carboxylic acids is 1. The zero-order valence-corrected chi connectivity index (χ0v) is 6.53. The van der Waals surface area contributed by atoms with E-state index in [1.165, 1.54) is 0 Å². The number of hydroxylamine groups is 1. The Morgan fingerprint density at radius 1 is 1.33 bits per heavy atom. The van der Waals surface area contributed by atoms with Gasteiger partial charge in [-0.2, -0.15) is 0 Å². The molecule has 0 saturated carbocycles. The lowest BCUT2D eigenvalue weighted by atomic mass is 10.0. The van der Waals surface area contributed by atoms with E-state index in [2.05, 4.69) is 0 Å². The minimum atomic E-state index is 0.0520. The normalized spacial score (nSPS) is 16.1. The molecule has 1 aliphatic heterocycles. The molecule has 0 saturated heterocycles. The first-order chi connectivity index (χ1) is 5.77. The maximum absolute atomic E-state index is 11.0. The average molecular weight is 163 g/mol. The summed E-state index contributed by atoms with van der Waals surface area (Å²) >= 11 is 0. The molecule has 0 aliphatic carbocycles. The van der Waals surface area contributed by atoms with Gasteiger partial charge >= 0.3 is 0 Å². The van der Waals surface area contributed by atoms with Crippen LogP contribution in [0, 0.1) is 0 Å². The fraction of sp³-hybridized carbons (Fsp3) is 0.222. The van der Waals surface area contributed by atoms with Gasteiger partial charge < -0.3 is 0 Å². The van der Waals surface area contributed by atoms with E-state index in [0.717, 1.165) is 16.3 Å². The molecule has 1 heterocycles. The molecule has 0 unspecified atom stereocenters. The molecule has 1 aromatic carbocycles. The lowest BCUT2D eigenvalue weighted by molar-refractivity contribution is -0.118. The number of hydrogen-bond donors (Lipinski definition) is 1. The lowest BCUT2D eigenvalue weighted by Crippen LogP contribution is -2.32. The Morgan fingerprint density at radius 3 is 2.92 bits per heavy atom. The van der Waals surface area contributed by atoms with Crippen molar-refractivity contribution in [3.8, 4) is 0 Å². The van der Waals surface area contributed by atoms with Crippen molar-refractivity contribution in [2.75, 3.05) is 11.6 Å². The van der Waals surface area contributed by atoms with Crippen LogP contribution in [0.1, 0.15) is 5.56 Å². The number of rotatable bonds is 0. The maximum atomic E-state index is 11.0. The largest absolute Gasteiger partial charge is 0.297 e. The second-order valence-electron chi connectivity index (χ2n) is 2.90. The molecule has 1 N–H and O–H groups in total. The summed E-state index contributed by atoms with van der Waals surface area (Å²) in [5.41, 5.74) is 1.65. The van der Waals surface area contributed by atoms with Crippen LogP contribution in [0.5, 0.6) is 0 Å². The molecule has 1 aromatic rings. The van der Waals surface area contributed by atoms with Crippen LogP contribution in [0.15, 0.2) is 24.3 Å². The van der Waals surface area contributed by atoms with Gasteiger partial charge in [-0.05, 0) is 11.6 Å². The van der Waals surface area contributed by atoms with E-state index in [1.54, 1.807) is 0 Å². The standard InChI is InChI=1S/C9H9NO2/c11-8-5-7-3-1-2-4-9(7)10(12)6-8/h1-4,12H,5-6H2. The molecule has 3 nitrogen and oxygen atoms in total. The van der Waals surface area contributed by atoms with Crippen molar-refractivity contribution in [2.24, 2.45) is 0 Å². The third kappa shape index (κ3) is 1.08. The number of hydrogen-bond acceptors (Lipinski definition) is 3. The van der Waals surface area contributed by atoms with E-state index >= 15 is 0 Å². The highest BCUT2D eigenvalue weighted by Gasteiger charge is 2.19. The number of nitrogens with zero attached hydrogens (tertiary/aromatic N) is 1. The fourth-order valence-corrected chi connectivity index (χ4v) is 1.43. The van der Waals surface area contributed by atoms with Crippen LogP contribution in [0.2, 0.25) is 0 Å². The quantitative estimate of drug-likeness (QED) is 0.620. The van der Waals surface area contributed by atoms with Crippen molar-refractivity contribution in [2.45, 2.75) is 6.42 Å². The van der Waals surface area contributed by atoms with Crippen LogP contribution in [-0.2, 0) is 11.2 Å². The van der Waals surface area contributed by atoms with E-state index in [4.69, 9.17) is 0 Å². The highest BCUT2D eigenvalue weighted by Crippen LogP contribution is 2.23. The zero-order chi connectivity index (χ0) is 8.55. The monoisotopic (exact) mass is 163 g/mol. The van der Waals surface area contributed by atoms with Gasteiger partial charge in [0.05, 0.1) is 5.69 Å². The Balaban J connectivity index is 2.47. The van der Waals surface area contributed by atoms with Crippen LogP contribution >= 0.6 is 0 Å². The van der Waals surface area contributed by atoms with Crippen molar-refractivity contribution in [1.82, 2.24) is 0 Å². The summed E-state index contributed by atoms with van der Waals surface area (Å²) in [6.07, 6.45) is 0.438. The molecular weight excluding hydrogens is 154 g/mol. The van der Waals surface area contributed by atoms with Crippen molar-refractivity contribution < 1.29 is 10.0 Å². The molecule has 62 valence electrons. The number of anilines is 1. The van der Waals surface area contributed by atoms with Crippen LogP contribution in [-0.4, -0.2) is 17.5 Å². The molecule has 2 rings (SSSR count). The van der Waals surface area contributed by atoms with Crippen LogP contribution < -0.4 is 5.06 Å². The highest BCUT2D eigenvalue weighted by molar-refractivity contribution is 5.89. The maximum Gasteiger partial charge on any atom is 0.159 e. The van der Waals surface area contributed by atoms with Gasteiger partial charge in [0.15, 0.2) is 5.78 Å². The Hall–Kier alpha value is -1.35. The van der Waals surface area contributed by atoms with Crippen LogP contribution in [0.3, 0.4) is 0 Å². The van der Waals surface area contributed by atoms with Gasteiger partial charge in [0, 0.05) is 6.42 Å². The van der Waals surface area contributed by atoms with E-state index in [0.29, 0.717) is 6.42 Å². The Labute approximate surface area is 70.2 Å². The third-order valence-corrected chi connectivity index (χ3v) is 1.98. The predicted molar refractivity (Wildman–Crippen MR) is 44.3 cm³/mol. The van der Waals surface area contributed by atoms with Gasteiger partial charge in [-0.15, -0.1) is 0 Å². The summed E-state index contributed by atoms with van der Waals surface area (Å²) in [6, 6.07) is 7.38. The molecule has 0 spiro atoms. The minimum absolute atomic E-state index is 0.0520. The SMILES string of the molecule is O=C1Cc2ccccc2N(O)C1. The topological polar surface area (TPSA) is 40.5 Å². The van der Waals surface area contributed by atoms with Crippen LogP contribution in [0.25, 0.3) is 0 Å².